The monoisotopic (exact) mass is 252 g/mol. The molecule has 1 unspecified atom stereocenters. The fourth-order valence-electron chi connectivity index (χ4n) is 3.59. The number of hydrogen-bond acceptors (Lipinski definition) is 2. The first-order chi connectivity index (χ1) is 8.67. The summed E-state index contributed by atoms with van der Waals surface area (Å²) in [5.41, 5.74) is 0.410. The van der Waals surface area contributed by atoms with E-state index in [1.54, 1.807) is 0 Å². The molecule has 106 valence electrons. The molecule has 2 nitrogen and oxygen atoms in total. The maximum atomic E-state index is 3.79. The van der Waals surface area contributed by atoms with Crippen LogP contribution in [0.1, 0.15) is 57.8 Å². The van der Waals surface area contributed by atoms with Crippen LogP contribution in [0.15, 0.2) is 12.7 Å². The molecule has 0 aromatic heterocycles. The molecule has 0 radical (unpaired) electrons. The summed E-state index contributed by atoms with van der Waals surface area (Å²) < 4.78 is 0. The molecular formula is C16H32N2. The van der Waals surface area contributed by atoms with Gasteiger partial charge in [-0.1, -0.05) is 31.8 Å². The Morgan fingerprint density at radius 2 is 1.89 bits per heavy atom. The van der Waals surface area contributed by atoms with Crippen molar-refractivity contribution in [2.24, 2.45) is 0 Å². The van der Waals surface area contributed by atoms with Crippen LogP contribution in [-0.4, -0.2) is 37.6 Å². The molecule has 18 heavy (non-hydrogen) atoms. The molecule has 1 saturated carbocycles. The highest BCUT2D eigenvalue weighted by Crippen LogP contribution is 2.38. The van der Waals surface area contributed by atoms with E-state index >= 15 is 0 Å². The van der Waals surface area contributed by atoms with Gasteiger partial charge in [0, 0.05) is 11.6 Å². The van der Waals surface area contributed by atoms with Gasteiger partial charge in [0.15, 0.2) is 0 Å². The van der Waals surface area contributed by atoms with Gasteiger partial charge in [-0.25, -0.2) is 0 Å². The molecule has 1 aliphatic carbocycles. The van der Waals surface area contributed by atoms with Gasteiger partial charge < -0.3 is 10.2 Å². The zero-order valence-corrected chi connectivity index (χ0v) is 12.7. The predicted molar refractivity (Wildman–Crippen MR) is 81.0 cm³/mol. The van der Waals surface area contributed by atoms with Crippen molar-refractivity contribution in [2.75, 3.05) is 21.1 Å². The van der Waals surface area contributed by atoms with Crippen molar-refractivity contribution in [2.45, 2.75) is 69.4 Å². The Morgan fingerprint density at radius 1 is 1.22 bits per heavy atom. The van der Waals surface area contributed by atoms with E-state index < -0.39 is 0 Å². The van der Waals surface area contributed by atoms with Crippen LogP contribution >= 0.6 is 0 Å². The first-order valence-electron chi connectivity index (χ1n) is 7.63. The quantitative estimate of drug-likeness (QED) is 0.498. The fraction of sp³-hybridized carbons (Fsp3) is 0.875. The van der Waals surface area contributed by atoms with Gasteiger partial charge in [0.05, 0.1) is 0 Å². The molecule has 1 N–H and O–H groups in total. The minimum absolute atomic E-state index is 0.410. The third-order valence-corrected chi connectivity index (χ3v) is 4.76. The SMILES string of the molecule is C=CCCCCCC(NC)C1(N(C)C)CCCC1. The van der Waals surface area contributed by atoms with E-state index in [2.05, 4.69) is 37.9 Å². The molecule has 1 fully saturated rings. The van der Waals surface area contributed by atoms with Crippen LogP contribution in [0.5, 0.6) is 0 Å². The smallest absolute Gasteiger partial charge is 0.0356 e. The molecule has 1 rings (SSSR count). The lowest BCUT2D eigenvalue weighted by atomic mass is 9.83. The second-order valence-corrected chi connectivity index (χ2v) is 5.97. The van der Waals surface area contributed by atoms with Gasteiger partial charge in [-0.3, -0.25) is 0 Å². The topological polar surface area (TPSA) is 15.3 Å². The van der Waals surface area contributed by atoms with Crippen molar-refractivity contribution >= 4 is 0 Å². The Hall–Kier alpha value is -0.340. The first kappa shape index (κ1) is 15.7. The molecule has 0 heterocycles. The van der Waals surface area contributed by atoms with E-state index in [0.29, 0.717) is 11.6 Å². The number of allylic oxidation sites excluding steroid dienone is 1. The van der Waals surface area contributed by atoms with Gasteiger partial charge in [0.1, 0.15) is 0 Å². The normalized spacial score (nSPS) is 20.2. The van der Waals surface area contributed by atoms with Crippen LogP contribution in [0.4, 0.5) is 0 Å². The minimum atomic E-state index is 0.410. The lowest BCUT2D eigenvalue weighted by Gasteiger charge is -2.43. The van der Waals surface area contributed by atoms with Gasteiger partial charge in [0.25, 0.3) is 0 Å². The molecule has 0 amide bonds. The van der Waals surface area contributed by atoms with Crippen LogP contribution in [0.3, 0.4) is 0 Å². The maximum Gasteiger partial charge on any atom is 0.0356 e. The van der Waals surface area contributed by atoms with E-state index in [1.165, 1.54) is 57.8 Å². The summed E-state index contributed by atoms with van der Waals surface area (Å²) in [6.45, 7) is 3.79. The Balaban J connectivity index is 2.45. The van der Waals surface area contributed by atoms with Crippen LogP contribution in [0, 0.1) is 0 Å². The number of likely N-dealkylation sites (N-methyl/N-ethyl adjacent to an activating group) is 2. The van der Waals surface area contributed by atoms with Gasteiger partial charge in [-0.2, -0.15) is 0 Å². The average Bonchev–Trinajstić information content (AvgIpc) is 2.84. The molecular weight excluding hydrogens is 220 g/mol. The van der Waals surface area contributed by atoms with E-state index in [0.717, 1.165) is 0 Å². The number of nitrogens with one attached hydrogen (secondary N) is 1. The zero-order valence-electron chi connectivity index (χ0n) is 12.7. The molecule has 0 bridgehead atoms. The Bertz CT molecular complexity index is 229. The van der Waals surface area contributed by atoms with Crippen molar-refractivity contribution in [1.29, 1.82) is 0 Å². The molecule has 0 aromatic rings. The molecule has 2 heteroatoms. The Kier molecular flexibility index (Phi) is 6.95. The Morgan fingerprint density at radius 3 is 2.39 bits per heavy atom. The number of nitrogens with zero attached hydrogens (tertiary/aromatic N) is 1. The second kappa shape index (κ2) is 7.96. The van der Waals surface area contributed by atoms with E-state index in [9.17, 15) is 0 Å². The van der Waals surface area contributed by atoms with Crippen molar-refractivity contribution in [3.05, 3.63) is 12.7 Å². The van der Waals surface area contributed by atoms with E-state index in [4.69, 9.17) is 0 Å². The molecule has 0 aromatic carbocycles. The lowest BCUT2D eigenvalue weighted by molar-refractivity contribution is 0.102. The summed E-state index contributed by atoms with van der Waals surface area (Å²) >= 11 is 0. The average molecular weight is 252 g/mol. The molecule has 0 saturated heterocycles. The number of hydrogen-bond donors (Lipinski definition) is 1. The van der Waals surface area contributed by atoms with Crippen LogP contribution in [-0.2, 0) is 0 Å². The van der Waals surface area contributed by atoms with Crippen LogP contribution < -0.4 is 5.32 Å². The molecule has 1 aliphatic rings. The zero-order chi connectivity index (χ0) is 13.4. The highest BCUT2D eigenvalue weighted by atomic mass is 15.2. The lowest BCUT2D eigenvalue weighted by Crippen LogP contribution is -2.56. The van der Waals surface area contributed by atoms with Crippen molar-refractivity contribution in [3.8, 4) is 0 Å². The fourth-order valence-corrected chi connectivity index (χ4v) is 3.59. The van der Waals surface area contributed by atoms with Crippen molar-refractivity contribution in [1.82, 2.24) is 10.2 Å². The summed E-state index contributed by atoms with van der Waals surface area (Å²) in [5.74, 6) is 0. The Labute approximate surface area is 114 Å². The van der Waals surface area contributed by atoms with Crippen LogP contribution in [0.2, 0.25) is 0 Å². The highest BCUT2D eigenvalue weighted by Gasteiger charge is 2.41. The summed E-state index contributed by atoms with van der Waals surface area (Å²) in [6.07, 6.45) is 14.0. The van der Waals surface area contributed by atoms with Crippen molar-refractivity contribution in [3.63, 3.8) is 0 Å². The van der Waals surface area contributed by atoms with E-state index in [1.807, 2.05) is 6.08 Å². The van der Waals surface area contributed by atoms with Gasteiger partial charge in [-0.05, 0) is 53.2 Å². The second-order valence-electron chi connectivity index (χ2n) is 5.97. The number of rotatable bonds is 9. The number of unbranched alkanes of at least 4 members (excludes halogenated alkanes) is 3. The molecule has 0 aliphatic heterocycles. The van der Waals surface area contributed by atoms with Gasteiger partial charge in [-0.15, -0.1) is 6.58 Å². The third-order valence-electron chi connectivity index (χ3n) is 4.76. The molecule has 0 spiro atoms. The highest BCUT2D eigenvalue weighted by molar-refractivity contribution is 5.01. The molecule has 1 atom stereocenters. The standard InChI is InChI=1S/C16H32N2/c1-5-6-7-8-9-12-15(17-2)16(18(3)4)13-10-11-14-16/h5,15,17H,1,6-14H2,2-4H3. The summed E-state index contributed by atoms with van der Waals surface area (Å²) in [7, 11) is 6.65. The predicted octanol–water partition coefficient (Wildman–Crippen LogP) is 3.59. The summed E-state index contributed by atoms with van der Waals surface area (Å²) in [6, 6.07) is 0.652. The van der Waals surface area contributed by atoms with Gasteiger partial charge >= 0.3 is 0 Å². The summed E-state index contributed by atoms with van der Waals surface area (Å²) in [4.78, 5) is 2.48. The van der Waals surface area contributed by atoms with E-state index in [-0.39, 0.29) is 0 Å². The van der Waals surface area contributed by atoms with Crippen LogP contribution in [0.25, 0.3) is 0 Å². The first-order valence-corrected chi connectivity index (χ1v) is 7.63. The van der Waals surface area contributed by atoms with Crippen molar-refractivity contribution < 1.29 is 0 Å². The minimum Gasteiger partial charge on any atom is -0.315 e. The summed E-state index contributed by atoms with van der Waals surface area (Å²) in [5, 5.41) is 3.60. The maximum absolute atomic E-state index is 3.79. The largest absolute Gasteiger partial charge is 0.315 e. The third kappa shape index (κ3) is 3.83. The van der Waals surface area contributed by atoms with Gasteiger partial charge in [0.2, 0.25) is 0 Å².